The fourth-order valence-electron chi connectivity index (χ4n) is 7.42. The van der Waals surface area contributed by atoms with Gasteiger partial charge in [0, 0.05) is 61.6 Å². The number of methoxy groups -OCH3 is 1. The number of nitrogens with zero attached hydrogens (tertiary/aromatic N) is 5. The van der Waals surface area contributed by atoms with Gasteiger partial charge in [-0.2, -0.15) is 0 Å². The van der Waals surface area contributed by atoms with Crippen molar-refractivity contribution in [2.75, 3.05) is 26.9 Å². The molecule has 2 aliphatic carbocycles. The van der Waals surface area contributed by atoms with Gasteiger partial charge in [-0.1, -0.05) is 0 Å². The highest BCUT2D eigenvalue weighted by Gasteiger charge is 2.47. The summed E-state index contributed by atoms with van der Waals surface area (Å²) in [6.07, 6.45) is 8.28. The van der Waals surface area contributed by atoms with E-state index >= 15 is 0 Å². The zero-order valence-corrected chi connectivity index (χ0v) is 23.0. The Morgan fingerprint density at radius 2 is 1.98 bits per heavy atom. The molecule has 0 radical (unpaired) electrons. The quantitative estimate of drug-likeness (QED) is 0.390. The molecule has 4 aliphatic rings. The molecule has 9 heteroatoms. The molecule has 5 heterocycles. The highest BCUT2D eigenvalue weighted by atomic mass is 16.5. The van der Waals surface area contributed by atoms with E-state index < -0.39 is 0 Å². The van der Waals surface area contributed by atoms with E-state index in [4.69, 9.17) is 25.2 Å². The van der Waals surface area contributed by atoms with Crippen molar-refractivity contribution < 1.29 is 14.3 Å². The molecule has 2 saturated carbocycles. The van der Waals surface area contributed by atoms with Crippen LogP contribution in [0.5, 0.6) is 5.75 Å². The summed E-state index contributed by atoms with van der Waals surface area (Å²) >= 11 is 0. The highest BCUT2D eigenvalue weighted by molar-refractivity contribution is 6.00. The lowest BCUT2D eigenvalue weighted by atomic mass is 10.1. The molecule has 2 aliphatic heterocycles. The van der Waals surface area contributed by atoms with Gasteiger partial charge in [0.2, 0.25) is 0 Å². The molecule has 3 atom stereocenters. The van der Waals surface area contributed by atoms with Crippen molar-refractivity contribution in [3.8, 4) is 17.3 Å². The fraction of sp³-hybridized carbons (Fsp3) is 0.516. The van der Waals surface area contributed by atoms with Crippen molar-refractivity contribution in [3.63, 3.8) is 0 Å². The van der Waals surface area contributed by atoms with Crippen molar-refractivity contribution in [2.45, 2.75) is 63.2 Å². The maximum absolute atomic E-state index is 13.8. The van der Waals surface area contributed by atoms with E-state index in [0.717, 1.165) is 72.4 Å². The Labute approximate surface area is 233 Å². The van der Waals surface area contributed by atoms with Crippen molar-refractivity contribution >= 4 is 28.0 Å². The smallest absolute Gasteiger partial charge is 0.254 e. The summed E-state index contributed by atoms with van der Waals surface area (Å²) in [4.78, 5) is 25.8. The van der Waals surface area contributed by atoms with Gasteiger partial charge in [0.15, 0.2) is 5.82 Å². The Kier molecular flexibility index (Phi) is 5.67. The van der Waals surface area contributed by atoms with Crippen LogP contribution in [0.2, 0.25) is 0 Å². The number of piperidine rings is 1. The Bertz CT molecular complexity index is 1610. The van der Waals surface area contributed by atoms with Gasteiger partial charge in [0.05, 0.1) is 18.3 Å². The summed E-state index contributed by atoms with van der Waals surface area (Å²) in [5, 5.41) is 1.12. The SMILES string of the molecule is COc1cc(C(=O)N2C[C@H]3CC[C@@H]2[C@@H]3N)cc2nc(-c3cc4cccnc4n3CC3CC3)n(C3CCOCC3)c12. The molecular weight excluding hydrogens is 504 g/mol. The number of carbonyl (C=O) groups is 1. The van der Waals surface area contributed by atoms with Crippen molar-refractivity contribution in [1.82, 2.24) is 24.0 Å². The molecule has 1 aromatic carbocycles. The normalized spacial score (nSPS) is 24.9. The maximum atomic E-state index is 13.8. The molecule has 2 saturated heterocycles. The number of benzene rings is 1. The topological polar surface area (TPSA) is 100 Å². The number of aromatic nitrogens is 4. The molecule has 40 heavy (non-hydrogen) atoms. The minimum atomic E-state index is 0.0251. The van der Waals surface area contributed by atoms with Gasteiger partial charge in [-0.3, -0.25) is 4.79 Å². The number of nitrogens with two attached hydrogens (primary N) is 1. The second kappa shape index (κ2) is 9.31. The Balaban J connectivity index is 1.31. The first kappa shape index (κ1) is 24.4. The minimum absolute atomic E-state index is 0.0251. The zero-order valence-electron chi connectivity index (χ0n) is 23.0. The number of rotatable bonds is 6. The van der Waals surface area contributed by atoms with Crippen LogP contribution in [0.1, 0.15) is 54.9 Å². The lowest BCUT2D eigenvalue weighted by Gasteiger charge is -2.28. The molecule has 208 valence electrons. The first-order chi connectivity index (χ1) is 19.6. The highest BCUT2D eigenvalue weighted by Crippen LogP contribution is 2.42. The van der Waals surface area contributed by atoms with Crippen LogP contribution in [0, 0.1) is 11.8 Å². The van der Waals surface area contributed by atoms with Crippen LogP contribution in [0.15, 0.2) is 36.5 Å². The minimum Gasteiger partial charge on any atom is -0.494 e. The van der Waals surface area contributed by atoms with Gasteiger partial charge in [-0.05, 0) is 80.7 Å². The summed E-state index contributed by atoms with van der Waals surface area (Å²) in [5.74, 6) is 2.70. The van der Waals surface area contributed by atoms with Gasteiger partial charge in [0.1, 0.15) is 16.9 Å². The number of imidazole rings is 1. The number of fused-ring (bicyclic) bond motifs is 4. The summed E-state index contributed by atoms with van der Waals surface area (Å²) in [6, 6.07) is 10.6. The molecule has 0 spiro atoms. The van der Waals surface area contributed by atoms with Crippen LogP contribution in [-0.2, 0) is 11.3 Å². The van der Waals surface area contributed by atoms with Gasteiger partial charge < -0.3 is 29.2 Å². The van der Waals surface area contributed by atoms with Crippen molar-refractivity contribution in [2.24, 2.45) is 17.6 Å². The van der Waals surface area contributed by atoms with Crippen LogP contribution >= 0.6 is 0 Å². The average Bonchev–Trinajstić information content (AvgIpc) is 3.32. The number of ether oxygens (including phenoxy) is 2. The van der Waals surface area contributed by atoms with Crippen LogP contribution < -0.4 is 10.5 Å². The first-order valence-corrected chi connectivity index (χ1v) is 14.8. The molecule has 0 unspecified atom stereocenters. The van der Waals surface area contributed by atoms with Crippen LogP contribution in [0.4, 0.5) is 0 Å². The van der Waals surface area contributed by atoms with E-state index in [-0.39, 0.29) is 24.0 Å². The standard InChI is InChI=1S/C31H36N6O3/c1-39-26-15-21(31(38)36-17-20-6-7-24(36)27(20)32)13-23-28(26)37(22-8-11-40-12-9-22)30(34-23)25-14-19-3-2-10-33-29(19)35(25)16-18-4-5-18/h2-3,10,13-15,18,20,22,24,27H,4-9,11-12,16-17,32H2,1H3/t20-,24-,27-/m1/s1. The lowest BCUT2D eigenvalue weighted by Crippen LogP contribution is -2.41. The third-order valence-corrected chi connectivity index (χ3v) is 9.71. The molecule has 3 aromatic heterocycles. The third-order valence-electron chi connectivity index (χ3n) is 9.71. The lowest BCUT2D eigenvalue weighted by molar-refractivity contribution is 0.0700. The van der Waals surface area contributed by atoms with Crippen molar-refractivity contribution in [1.29, 1.82) is 0 Å². The number of hydrogen-bond acceptors (Lipinski definition) is 6. The number of amides is 1. The maximum Gasteiger partial charge on any atom is 0.254 e. The summed E-state index contributed by atoms with van der Waals surface area (Å²) < 4.78 is 16.5. The number of carbonyl (C=O) groups excluding carboxylic acids is 1. The monoisotopic (exact) mass is 540 g/mol. The Morgan fingerprint density at radius 3 is 2.70 bits per heavy atom. The molecule has 9 nitrogen and oxygen atoms in total. The van der Waals surface area contributed by atoms with E-state index in [2.05, 4.69) is 21.3 Å². The second-order valence-electron chi connectivity index (χ2n) is 12.1. The van der Waals surface area contributed by atoms with Gasteiger partial charge in [0.25, 0.3) is 5.91 Å². The Morgan fingerprint density at radius 1 is 1.12 bits per heavy atom. The van der Waals surface area contributed by atoms with Gasteiger partial charge >= 0.3 is 0 Å². The Hall–Kier alpha value is -3.43. The van der Waals surface area contributed by atoms with Crippen LogP contribution in [-0.4, -0.2) is 68.9 Å². The van der Waals surface area contributed by atoms with E-state index in [1.807, 2.05) is 29.3 Å². The second-order valence-corrected chi connectivity index (χ2v) is 12.1. The van der Waals surface area contributed by atoms with E-state index in [0.29, 0.717) is 36.4 Å². The zero-order chi connectivity index (χ0) is 27.0. The van der Waals surface area contributed by atoms with E-state index in [1.165, 1.54) is 12.8 Å². The van der Waals surface area contributed by atoms with Gasteiger partial charge in [-0.15, -0.1) is 0 Å². The fourth-order valence-corrected chi connectivity index (χ4v) is 7.42. The molecular formula is C31H36N6O3. The number of likely N-dealkylation sites (tertiary alicyclic amines) is 1. The predicted octanol–water partition coefficient (Wildman–Crippen LogP) is 4.38. The first-order valence-electron chi connectivity index (χ1n) is 14.8. The molecule has 8 rings (SSSR count). The van der Waals surface area contributed by atoms with Crippen molar-refractivity contribution in [3.05, 3.63) is 42.1 Å². The molecule has 2 N–H and O–H groups in total. The predicted molar refractivity (Wildman–Crippen MR) is 152 cm³/mol. The summed E-state index contributed by atoms with van der Waals surface area (Å²) in [5.41, 5.74) is 10.9. The van der Waals surface area contributed by atoms with Crippen LogP contribution in [0.3, 0.4) is 0 Å². The third kappa shape index (κ3) is 3.78. The van der Waals surface area contributed by atoms with E-state index in [1.54, 1.807) is 7.11 Å². The molecule has 4 aromatic rings. The molecule has 4 fully saturated rings. The largest absolute Gasteiger partial charge is 0.494 e. The summed E-state index contributed by atoms with van der Waals surface area (Å²) in [7, 11) is 1.69. The van der Waals surface area contributed by atoms with Gasteiger partial charge in [-0.25, -0.2) is 9.97 Å². The average molecular weight is 541 g/mol. The number of hydrogen-bond donors (Lipinski definition) is 1. The van der Waals surface area contributed by atoms with Crippen LogP contribution in [0.25, 0.3) is 33.6 Å². The number of pyridine rings is 1. The summed E-state index contributed by atoms with van der Waals surface area (Å²) in [6.45, 7) is 3.10. The van der Waals surface area contributed by atoms with E-state index in [9.17, 15) is 4.79 Å². The molecule has 1 amide bonds. The molecule has 2 bridgehead atoms.